The molecule has 0 heterocycles. The van der Waals surface area contributed by atoms with Crippen LogP contribution < -0.4 is 0 Å². The molecule has 0 fully saturated rings. The molecule has 0 saturated heterocycles. The van der Waals surface area contributed by atoms with Crippen molar-refractivity contribution in [2.75, 3.05) is 0 Å². The second kappa shape index (κ2) is 10.4. The third-order valence-electron chi connectivity index (χ3n) is 0.172. The second-order valence-electron chi connectivity index (χ2n) is 0.489. The molecule has 0 rings (SSSR count). The number of hydrogen-bond donors (Lipinski definition) is 2. The third kappa shape index (κ3) is 10.4. The summed E-state index contributed by atoms with van der Waals surface area (Å²) in [4.78, 5) is 0. The van der Waals surface area contributed by atoms with E-state index in [0.29, 0.717) is 0 Å². The van der Waals surface area contributed by atoms with Crippen molar-refractivity contribution in [3.05, 3.63) is 0 Å². The lowest BCUT2D eigenvalue weighted by Crippen LogP contribution is -1.53. The van der Waals surface area contributed by atoms with Crippen LogP contribution in [0.15, 0.2) is 0 Å². The summed E-state index contributed by atoms with van der Waals surface area (Å²) < 4.78 is 3.73. The zero-order valence-corrected chi connectivity index (χ0v) is 9.55. The molecule has 9 heavy (non-hydrogen) atoms. The van der Waals surface area contributed by atoms with Crippen LogP contribution in [0.2, 0.25) is 0 Å². The molecule has 0 aromatic rings. The molecule has 0 unspecified atom stereocenters. The van der Waals surface area contributed by atoms with Crippen molar-refractivity contribution in [2.45, 2.75) is 0 Å². The summed E-state index contributed by atoms with van der Waals surface area (Å²) in [5.74, 6) is 0. The quantitative estimate of drug-likeness (QED) is 0.183. The summed E-state index contributed by atoms with van der Waals surface area (Å²) in [5.41, 5.74) is 0. The maximum Gasteiger partial charge on any atom is 0.114 e. The summed E-state index contributed by atoms with van der Waals surface area (Å²) >= 11 is 4.82. The van der Waals surface area contributed by atoms with Gasteiger partial charge in [-0.25, -0.2) is 5.26 Å². The Morgan fingerprint density at radius 1 is 1.11 bits per heavy atom. The second-order valence-corrected chi connectivity index (χ2v) is 10.2. The highest BCUT2D eigenvalue weighted by Gasteiger charge is 1.91. The zero-order valence-electron chi connectivity index (χ0n) is 3.75. The van der Waals surface area contributed by atoms with E-state index in [9.17, 15) is 0 Å². The molecule has 0 radical (unpaired) electrons. The van der Waals surface area contributed by atoms with Crippen molar-refractivity contribution >= 4 is 71.9 Å². The SMILES string of the molecule is OOSSSSSSS. The number of hydrogen-bond acceptors (Lipinski definition) is 9. The van der Waals surface area contributed by atoms with Gasteiger partial charge in [0.1, 0.15) is 11.1 Å². The van der Waals surface area contributed by atoms with Crippen LogP contribution in [0.5, 0.6) is 0 Å². The van der Waals surface area contributed by atoms with Gasteiger partial charge in [-0.05, 0) is 19.7 Å². The van der Waals surface area contributed by atoms with Gasteiger partial charge in [-0.2, -0.15) is 4.33 Å². The topological polar surface area (TPSA) is 29.5 Å². The Labute approximate surface area is 80.7 Å². The predicted octanol–water partition coefficient (Wildman–Crippen LogP) is 4.21. The Balaban J connectivity index is 2.60. The van der Waals surface area contributed by atoms with Crippen molar-refractivity contribution in [3.63, 3.8) is 0 Å². The Bertz CT molecular complexity index is 40.2. The first-order valence-electron chi connectivity index (χ1n) is 1.37. The van der Waals surface area contributed by atoms with Crippen LogP contribution in [0.3, 0.4) is 0 Å². The maximum absolute atomic E-state index is 7.82. The van der Waals surface area contributed by atoms with Gasteiger partial charge < -0.3 is 0 Å². The average Bonchev–Trinajstić information content (AvgIpc) is 1.89. The molecule has 0 aliphatic heterocycles. The average molecular weight is 258 g/mol. The molecule has 0 spiro atoms. The molecule has 0 atom stereocenters. The molecule has 0 aromatic carbocycles. The van der Waals surface area contributed by atoms with Crippen LogP contribution in [0, 0.1) is 0 Å². The number of rotatable bonds is 6. The van der Waals surface area contributed by atoms with E-state index < -0.39 is 0 Å². The van der Waals surface area contributed by atoms with Crippen molar-refractivity contribution in [1.82, 2.24) is 0 Å². The van der Waals surface area contributed by atoms with E-state index in [1.807, 2.05) is 0 Å². The fourth-order valence-corrected chi connectivity index (χ4v) is 9.78. The Morgan fingerprint density at radius 2 is 1.78 bits per heavy atom. The lowest BCUT2D eigenvalue weighted by molar-refractivity contribution is -0.114. The first-order valence-corrected chi connectivity index (χ1v) is 9.83. The minimum Gasteiger partial charge on any atom is -0.239 e. The van der Waals surface area contributed by atoms with Crippen LogP contribution in [0.4, 0.5) is 0 Å². The van der Waals surface area contributed by atoms with E-state index in [1.165, 1.54) is 29.5 Å². The van der Waals surface area contributed by atoms with E-state index in [2.05, 4.69) is 16.0 Å². The monoisotopic (exact) mass is 258 g/mol. The van der Waals surface area contributed by atoms with Crippen LogP contribution in [0.25, 0.3) is 0 Å². The standard InChI is InChI=1S/H2O2S7/c1-2-4-6-8-9-7-5-3/h1,3H. The molecule has 0 amide bonds. The molecule has 9 heteroatoms. The van der Waals surface area contributed by atoms with Gasteiger partial charge in [-0.15, -0.1) is 0 Å². The van der Waals surface area contributed by atoms with E-state index >= 15 is 0 Å². The molecule has 0 aliphatic rings. The smallest absolute Gasteiger partial charge is 0.114 e. The third-order valence-corrected chi connectivity index (χ3v) is 10.2. The molecule has 0 saturated carbocycles. The predicted molar refractivity (Wildman–Crippen MR) is 58.2 cm³/mol. The minimum absolute atomic E-state index is 0.925. The molecule has 56 valence electrons. The van der Waals surface area contributed by atoms with Crippen LogP contribution in [0.1, 0.15) is 0 Å². The van der Waals surface area contributed by atoms with E-state index in [4.69, 9.17) is 5.26 Å². The van der Waals surface area contributed by atoms with E-state index in [0.717, 1.165) is 11.1 Å². The van der Waals surface area contributed by atoms with Gasteiger partial charge in [0.05, 0.1) is 0 Å². The van der Waals surface area contributed by atoms with Crippen LogP contribution in [-0.2, 0) is 4.33 Å². The highest BCUT2D eigenvalue weighted by atomic mass is 33.9. The lowest BCUT2D eigenvalue weighted by Gasteiger charge is -1.90. The van der Waals surface area contributed by atoms with Crippen molar-refractivity contribution in [2.24, 2.45) is 0 Å². The van der Waals surface area contributed by atoms with Crippen molar-refractivity contribution in [1.29, 1.82) is 0 Å². The summed E-state index contributed by atoms with van der Waals surface area (Å²) in [6, 6.07) is 0. The minimum atomic E-state index is 0.925. The molecule has 0 bridgehead atoms. The highest BCUT2D eigenvalue weighted by Crippen LogP contribution is 2.52. The molecule has 0 aromatic heterocycles. The van der Waals surface area contributed by atoms with Gasteiger partial charge >= 0.3 is 0 Å². The fraction of sp³-hybridized carbons (Fsp3) is 0. The molecular weight excluding hydrogens is 256 g/mol. The van der Waals surface area contributed by atoms with Gasteiger partial charge in [-0.3, -0.25) is 0 Å². The summed E-state index contributed by atoms with van der Waals surface area (Å²) in [7, 11) is 7.35. The number of thiol groups is 1. The van der Waals surface area contributed by atoms with Crippen molar-refractivity contribution < 1.29 is 9.59 Å². The first kappa shape index (κ1) is 11.4. The van der Waals surface area contributed by atoms with E-state index in [1.54, 1.807) is 19.7 Å². The normalized spacial score (nSPS) is 10.0. The fourth-order valence-electron chi connectivity index (χ4n) is 0.0589. The maximum atomic E-state index is 7.82. The van der Waals surface area contributed by atoms with Crippen LogP contribution in [-0.4, -0.2) is 5.26 Å². The zero-order chi connectivity index (χ0) is 6.95. The highest BCUT2D eigenvalue weighted by molar-refractivity contribution is 9.45. The molecule has 1 N–H and O–H groups in total. The van der Waals surface area contributed by atoms with Gasteiger partial charge in [0.25, 0.3) is 0 Å². The molecular formula is H2O2S7. The van der Waals surface area contributed by atoms with Crippen LogP contribution >= 0.6 is 71.9 Å². The van der Waals surface area contributed by atoms with Gasteiger partial charge in [0.2, 0.25) is 0 Å². The summed E-state index contributed by atoms with van der Waals surface area (Å²) in [5, 5.41) is 7.82. The Morgan fingerprint density at radius 3 is 2.33 bits per heavy atom. The summed E-state index contributed by atoms with van der Waals surface area (Å²) in [6.07, 6.45) is 0. The molecule has 0 aliphatic carbocycles. The molecule has 2 nitrogen and oxygen atoms in total. The van der Waals surface area contributed by atoms with Gasteiger partial charge in [0, 0.05) is 29.5 Å². The van der Waals surface area contributed by atoms with Gasteiger partial charge in [0.15, 0.2) is 0 Å². The first-order chi connectivity index (χ1) is 4.41. The summed E-state index contributed by atoms with van der Waals surface area (Å²) in [6.45, 7) is 0. The van der Waals surface area contributed by atoms with Gasteiger partial charge in [-0.1, -0.05) is 11.7 Å². The Hall–Kier alpha value is 2.37. The van der Waals surface area contributed by atoms with E-state index in [-0.39, 0.29) is 0 Å². The van der Waals surface area contributed by atoms with Crippen molar-refractivity contribution in [3.8, 4) is 0 Å². The largest absolute Gasteiger partial charge is 0.239 e. The Kier molecular flexibility index (Phi) is 13.1. The lowest BCUT2D eigenvalue weighted by atomic mass is 15.0.